The molecule has 7 heteroatoms. The Morgan fingerprint density at radius 1 is 0.403 bits per heavy atom. The molecule has 0 bridgehead atoms. The largest absolute Gasteiger partial charge is 0.455 e. The third-order valence-corrected chi connectivity index (χ3v) is 16.6. The van der Waals surface area contributed by atoms with Crippen LogP contribution in [0.5, 0.6) is 0 Å². The van der Waals surface area contributed by atoms with E-state index in [1.165, 1.54) is 10.4 Å². The van der Waals surface area contributed by atoms with Crippen molar-refractivity contribution in [2.45, 2.75) is 39.3 Å². The zero-order chi connectivity index (χ0) is 42.5. The molecule has 10 aromatic rings. The van der Waals surface area contributed by atoms with Crippen molar-refractivity contribution in [3.8, 4) is 11.1 Å². The second-order valence-corrected chi connectivity index (χ2v) is 28.7. The summed E-state index contributed by atoms with van der Waals surface area (Å²) in [4.78, 5) is 20.1. The fraction of sp³-hybridized carbons (Fsp3) is 0.109. The Hall–Kier alpha value is -6.94. The average Bonchev–Trinajstić information content (AvgIpc) is 3.94. The van der Waals surface area contributed by atoms with Gasteiger partial charge in [0.05, 0.1) is 32.9 Å². The highest BCUT2D eigenvalue weighted by Crippen LogP contribution is 2.56. The molecule has 1 aliphatic rings. The van der Waals surface area contributed by atoms with Gasteiger partial charge in [-0.25, -0.2) is 0 Å². The van der Waals surface area contributed by atoms with Crippen LogP contribution in [0.15, 0.2) is 179 Å². The zero-order valence-electron chi connectivity index (χ0n) is 35.8. The summed E-state index contributed by atoms with van der Waals surface area (Å²) >= 11 is 0. The van der Waals surface area contributed by atoms with Gasteiger partial charge in [-0.3, -0.25) is 4.79 Å². The van der Waals surface area contributed by atoms with Crippen LogP contribution < -0.4 is 20.2 Å². The number of nitrogens with zero attached hydrogens (tertiary/aromatic N) is 2. The van der Waals surface area contributed by atoms with E-state index in [0.717, 1.165) is 78.0 Å². The molecular formula is C55H46N2O3Si2. The van der Waals surface area contributed by atoms with Crippen LogP contribution in [0.4, 0.5) is 34.1 Å². The number of fused-ring (bicyclic) bond motifs is 11. The van der Waals surface area contributed by atoms with Gasteiger partial charge in [-0.15, -0.1) is 0 Å². The molecule has 2 heterocycles. The lowest BCUT2D eigenvalue weighted by Crippen LogP contribution is -2.37. The van der Waals surface area contributed by atoms with Gasteiger partial charge in [-0.05, 0) is 72.8 Å². The summed E-state index contributed by atoms with van der Waals surface area (Å²) in [6.45, 7) is 14.2. The molecule has 0 amide bonds. The molecule has 8 aromatic carbocycles. The predicted molar refractivity (Wildman–Crippen MR) is 265 cm³/mol. The number of carbonyl (C=O) groups is 1. The first-order chi connectivity index (χ1) is 30.0. The molecular weight excluding hydrogens is 793 g/mol. The van der Waals surface area contributed by atoms with Gasteiger partial charge < -0.3 is 18.6 Å². The number of anilines is 6. The van der Waals surface area contributed by atoms with Gasteiger partial charge in [-0.2, -0.15) is 0 Å². The van der Waals surface area contributed by atoms with E-state index in [-0.39, 0.29) is 5.78 Å². The van der Waals surface area contributed by atoms with Crippen LogP contribution in [-0.4, -0.2) is 21.9 Å². The molecule has 0 saturated heterocycles. The standard InChI is InChI=1S/C55H46N2O3Si2/c1-61(2,3)39-29-25-37(26-30-39)56(35-17-9-7-10-18-35)45-33-44-52(55-49(45)41-21-13-15-23-47(41)60-55)50-43(53(44)58)34-46(54-51(50)42-22-14-16-24-48(42)59-54)57(36-19-11-8-12-20-36)38-27-31-40(32-28-38)62(4,5)6/h7-34H,1-6H3. The molecule has 1 aliphatic carbocycles. The van der Waals surface area contributed by atoms with Gasteiger partial charge in [0.1, 0.15) is 16.7 Å². The van der Waals surface area contributed by atoms with Gasteiger partial charge in [0.25, 0.3) is 0 Å². The lowest BCUT2D eigenvalue weighted by Gasteiger charge is -2.28. The molecule has 302 valence electrons. The average molecular weight is 839 g/mol. The van der Waals surface area contributed by atoms with Crippen LogP contribution >= 0.6 is 0 Å². The summed E-state index contributed by atoms with van der Waals surface area (Å²) in [6.07, 6.45) is 0. The fourth-order valence-corrected chi connectivity index (χ4v) is 11.7. The summed E-state index contributed by atoms with van der Waals surface area (Å²) < 4.78 is 14.0. The second kappa shape index (κ2) is 14.1. The van der Waals surface area contributed by atoms with E-state index >= 15 is 4.79 Å². The maximum atomic E-state index is 15.6. The van der Waals surface area contributed by atoms with Crippen molar-refractivity contribution in [1.82, 2.24) is 0 Å². The summed E-state index contributed by atoms with van der Waals surface area (Å²) in [5.41, 5.74) is 11.5. The van der Waals surface area contributed by atoms with E-state index < -0.39 is 16.1 Å². The highest BCUT2D eigenvalue weighted by molar-refractivity contribution is 6.89. The molecule has 2 aromatic heterocycles. The number of ketones is 1. The number of rotatable bonds is 8. The van der Waals surface area contributed by atoms with Crippen LogP contribution in [-0.2, 0) is 0 Å². The first kappa shape index (κ1) is 38.0. The van der Waals surface area contributed by atoms with Crippen LogP contribution in [0.1, 0.15) is 15.9 Å². The number of carbonyl (C=O) groups excluding carboxylic acids is 1. The van der Waals surface area contributed by atoms with Crippen molar-refractivity contribution in [2.75, 3.05) is 9.80 Å². The van der Waals surface area contributed by atoms with E-state index in [2.05, 4.69) is 176 Å². The summed E-state index contributed by atoms with van der Waals surface area (Å²) in [5, 5.41) is 6.56. The Bertz CT molecular complexity index is 3380. The molecule has 0 aliphatic heterocycles. The molecule has 0 unspecified atom stereocenters. The van der Waals surface area contributed by atoms with Crippen molar-refractivity contribution in [1.29, 1.82) is 0 Å². The number of hydrogen-bond acceptors (Lipinski definition) is 5. The van der Waals surface area contributed by atoms with Gasteiger partial charge in [-0.1, -0.05) is 147 Å². The third-order valence-electron chi connectivity index (χ3n) is 12.5. The van der Waals surface area contributed by atoms with Crippen molar-refractivity contribution < 1.29 is 13.6 Å². The zero-order valence-corrected chi connectivity index (χ0v) is 37.8. The quantitative estimate of drug-likeness (QED) is 0.143. The normalized spacial score (nSPS) is 12.7. The van der Waals surface area contributed by atoms with E-state index in [0.29, 0.717) is 22.3 Å². The number of furan rings is 2. The van der Waals surface area contributed by atoms with Gasteiger partial charge in [0.15, 0.2) is 11.4 Å². The van der Waals surface area contributed by atoms with Crippen molar-refractivity contribution >= 4 is 110 Å². The van der Waals surface area contributed by atoms with Crippen molar-refractivity contribution in [2.24, 2.45) is 0 Å². The predicted octanol–water partition coefficient (Wildman–Crippen LogP) is 14.7. The van der Waals surface area contributed by atoms with Crippen molar-refractivity contribution in [3.63, 3.8) is 0 Å². The Labute approximate surface area is 363 Å². The minimum Gasteiger partial charge on any atom is -0.455 e. The van der Waals surface area contributed by atoms with Gasteiger partial charge in [0.2, 0.25) is 0 Å². The Balaban J connectivity index is 1.22. The third kappa shape index (κ3) is 5.98. The molecule has 0 N–H and O–H groups in total. The van der Waals surface area contributed by atoms with Gasteiger partial charge in [0, 0.05) is 61.2 Å². The SMILES string of the molecule is C[Si](C)(C)c1ccc(N(c2ccccc2)c2cc3c(c4c2oc2ccccc24)-c2c(cc(N(c4ccccc4)c4ccc([Si](C)(C)C)cc4)c4c2oc2ccccc24)C3=O)cc1. The van der Waals surface area contributed by atoms with Crippen LogP contribution in [0.3, 0.4) is 0 Å². The van der Waals surface area contributed by atoms with Crippen LogP contribution in [0, 0.1) is 0 Å². The number of hydrogen-bond donors (Lipinski definition) is 0. The molecule has 0 atom stereocenters. The monoisotopic (exact) mass is 838 g/mol. The lowest BCUT2D eigenvalue weighted by atomic mass is 9.95. The second-order valence-electron chi connectivity index (χ2n) is 18.5. The first-order valence-electron chi connectivity index (χ1n) is 21.4. The maximum Gasteiger partial charge on any atom is 0.194 e. The molecule has 0 saturated carbocycles. The summed E-state index contributed by atoms with van der Waals surface area (Å²) in [7, 11) is -3.14. The molecule has 62 heavy (non-hydrogen) atoms. The van der Waals surface area contributed by atoms with Crippen LogP contribution in [0.25, 0.3) is 55.0 Å². The van der Waals surface area contributed by atoms with E-state index in [1.54, 1.807) is 0 Å². The Morgan fingerprint density at radius 2 is 0.806 bits per heavy atom. The van der Waals surface area contributed by atoms with Gasteiger partial charge >= 0.3 is 0 Å². The number of para-hydroxylation sites is 4. The molecule has 5 nitrogen and oxygen atoms in total. The first-order valence-corrected chi connectivity index (χ1v) is 28.4. The fourth-order valence-electron chi connectivity index (χ4n) is 9.35. The molecule has 0 radical (unpaired) electrons. The summed E-state index contributed by atoms with van der Waals surface area (Å²) in [6, 6.07) is 59.3. The molecule has 0 fully saturated rings. The van der Waals surface area contributed by atoms with E-state index in [9.17, 15) is 0 Å². The minimum atomic E-state index is -1.57. The van der Waals surface area contributed by atoms with Crippen LogP contribution in [0.2, 0.25) is 39.3 Å². The topological polar surface area (TPSA) is 49.8 Å². The smallest absolute Gasteiger partial charge is 0.194 e. The van der Waals surface area contributed by atoms with E-state index in [1.807, 2.05) is 42.5 Å². The number of benzene rings is 8. The Morgan fingerprint density at radius 3 is 1.32 bits per heavy atom. The van der Waals surface area contributed by atoms with E-state index in [4.69, 9.17) is 8.83 Å². The lowest BCUT2D eigenvalue weighted by molar-refractivity contribution is 0.104. The highest BCUT2D eigenvalue weighted by Gasteiger charge is 2.38. The van der Waals surface area contributed by atoms with Crippen molar-refractivity contribution in [3.05, 3.63) is 181 Å². The maximum absolute atomic E-state index is 15.6. The molecule has 11 rings (SSSR count). The summed E-state index contributed by atoms with van der Waals surface area (Å²) in [5.74, 6) is -0.0452. The Kier molecular flexibility index (Phi) is 8.62. The minimum absolute atomic E-state index is 0.0452. The molecule has 0 spiro atoms. The highest BCUT2D eigenvalue weighted by atomic mass is 28.3.